The minimum absolute atomic E-state index is 0.352. The monoisotopic (exact) mass is 240 g/mol. The smallest absolute Gasteiger partial charge is 0.0459 e. The Morgan fingerprint density at radius 3 is 2.82 bits per heavy atom. The van der Waals surface area contributed by atoms with Gasteiger partial charge < -0.3 is 15.7 Å². The Hall–Kier alpha value is -0.120. The molecular weight excluding hydrogens is 212 g/mol. The van der Waals surface area contributed by atoms with E-state index in [1.165, 1.54) is 25.7 Å². The zero-order valence-corrected chi connectivity index (χ0v) is 11.3. The van der Waals surface area contributed by atoms with Crippen molar-refractivity contribution in [3.63, 3.8) is 0 Å². The van der Waals surface area contributed by atoms with Crippen molar-refractivity contribution in [3.05, 3.63) is 0 Å². The minimum Gasteiger partial charge on any atom is -0.396 e. The first-order valence-corrected chi connectivity index (χ1v) is 7.19. The lowest BCUT2D eigenvalue weighted by Crippen LogP contribution is -2.56. The van der Waals surface area contributed by atoms with E-state index in [2.05, 4.69) is 24.5 Å². The molecule has 0 bridgehead atoms. The summed E-state index contributed by atoms with van der Waals surface area (Å²) in [6, 6.07) is 1.26. The van der Waals surface area contributed by atoms with Crippen molar-refractivity contribution in [1.29, 1.82) is 0 Å². The molecule has 3 unspecified atom stereocenters. The van der Waals surface area contributed by atoms with Gasteiger partial charge in [-0.25, -0.2) is 0 Å². The van der Waals surface area contributed by atoms with Gasteiger partial charge in [0.25, 0.3) is 0 Å². The molecule has 17 heavy (non-hydrogen) atoms. The second-order valence-corrected chi connectivity index (χ2v) is 6.59. The maximum absolute atomic E-state index is 9.28. The van der Waals surface area contributed by atoms with Gasteiger partial charge in [-0.05, 0) is 43.6 Å². The van der Waals surface area contributed by atoms with E-state index in [0.717, 1.165) is 19.5 Å². The fourth-order valence-electron chi connectivity index (χ4n) is 3.37. The molecule has 3 atom stereocenters. The normalized spacial score (nSPS) is 37.9. The van der Waals surface area contributed by atoms with Gasteiger partial charge in [0, 0.05) is 25.2 Å². The minimum atomic E-state index is 0.352. The number of nitrogens with one attached hydrogen (secondary N) is 2. The van der Waals surface area contributed by atoms with Crippen LogP contribution in [0.3, 0.4) is 0 Å². The van der Waals surface area contributed by atoms with Crippen LogP contribution in [-0.2, 0) is 0 Å². The van der Waals surface area contributed by atoms with Crippen LogP contribution >= 0.6 is 0 Å². The van der Waals surface area contributed by atoms with E-state index in [9.17, 15) is 5.11 Å². The molecule has 0 amide bonds. The molecule has 1 saturated heterocycles. The summed E-state index contributed by atoms with van der Waals surface area (Å²) >= 11 is 0. The number of hydrogen-bond acceptors (Lipinski definition) is 3. The molecule has 100 valence electrons. The van der Waals surface area contributed by atoms with Crippen molar-refractivity contribution in [3.8, 4) is 0 Å². The van der Waals surface area contributed by atoms with Crippen LogP contribution in [0.25, 0.3) is 0 Å². The van der Waals surface area contributed by atoms with Crippen molar-refractivity contribution in [2.24, 2.45) is 11.3 Å². The van der Waals surface area contributed by atoms with E-state index in [4.69, 9.17) is 0 Å². The molecule has 0 aromatic carbocycles. The van der Waals surface area contributed by atoms with Crippen LogP contribution < -0.4 is 10.6 Å². The van der Waals surface area contributed by atoms with Gasteiger partial charge in [-0.2, -0.15) is 0 Å². The van der Waals surface area contributed by atoms with Gasteiger partial charge in [0.1, 0.15) is 0 Å². The van der Waals surface area contributed by atoms with Crippen LogP contribution in [0.15, 0.2) is 0 Å². The molecule has 1 aliphatic heterocycles. The van der Waals surface area contributed by atoms with Crippen molar-refractivity contribution in [1.82, 2.24) is 10.6 Å². The Morgan fingerprint density at radius 2 is 2.12 bits per heavy atom. The highest BCUT2D eigenvalue weighted by Crippen LogP contribution is 2.29. The van der Waals surface area contributed by atoms with Gasteiger partial charge in [0.15, 0.2) is 0 Å². The predicted octanol–water partition coefficient (Wildman–Crippen LogP) is 1.52. The third kappa shape index (κ3) is 3.43. The van der Waals surface area contributed by atoms with Crippen LogP contribution in [0.4, 0.5) is 0 Å². The van der Waals surface area contributed by atoms with Crippen molar-refractivity contribution >= 4 is 0 Å². The average molecular weight is 240 g/mol. The third-order valence-electron chi connectivity index (χ3n) is 4.61. The Labute approximate surface area is 105 Å². The summed E-state index contributed by atoms with van der Waals surface area (Å²) in [6.45, 7) is 7.32. The number of piperidine rings is 1. The van der Waals surface area contributed by atoms with Gasteiger partial charge >= 0.3 is 0 Å². The SMILES string of the molecule is CC1(C)CNCCC1NC1CCCC(CO)C1. The molecule has 1 heterocycles. The fourth-order valence-corrected chi connectivity index (χ4v) is 3.37. The standard InChI is InChI=1S/C14H28N2O/c1-14(2)10-15-7-6-13(14)16-12-5-3-4-11(8-12)9-17/h11-13,15-17H,3-10H2,1-2H3. The maximum atomic E-state index is 9.28. The predicted molar refractivity (Wildman–Crippen MR) is 71.0 cm³/mol. The van der Waals surface area contributed by atoms with E-state index in [1.54, 1.807) is 0 Å². The largest absolute Gasteiger partial charge is 0.396 e. The van der Waals surface area contributed by atoms with E-state index in [1.807, 2.05) is 0 Å². The highest BCUT2D eigenvalue weighted by Gasteiger charge is 2.34. The summed E-state index contributed by atoms with van der Waals surface area (Å²) in [4.78, 5) is 0. The highest BCUT2D eigenvalue weighted by atomic mass is 16.3. The Bertz CT molecular complexity index is 242. The lowest BCUT2D eigenvalue weighted by Gasteiger charge is -2.43. The van der Waals surface area contributed by atoms with Crippen LogP contribution in [0.1, 0.15) is 46.0 Å². The Kier molecular flexibility index (Phi) is 4.45. The first-order chi connectivity index (χ1) is 8.12. The Balaban J connectivity index is 1.86. The van der Waals surface area contributed by atoms with Crippen LogP contribution in [0, 0.1) is 11.3 Å². The summed E-state index contributed by atoms with van der Waals surface area (Å²) in [6.07, 6.45) is 6.17. The van der Waals surface area contributed by atoms with Crippen molar-refractivity contribution in [2.75, 3.05) is 19.7 Å². The first-order valence-electron chi connectivity index (χ1n) is 7.19. The summed E-state index contributed by atoms with van der Waals surface area (Å²) in [5, 5.41) is 16.6. The summed E-state index contributed by atoms with van der Waals surface area (Å²) in [5.74, 6) is 0.533. The van der Waals surface area contributed by atoms with Crippen molar-refractivity contribution < 1.29 is 5.11 Å². The van der Waals surface area contributed by atoms with Gasteiger partial charge in [0.2, 0.25) is 0 Å². The second kappa shape index (κ2) is 5.68. The molecule has 2 fully saturated rings. The molecule has 1 saturated carbocycles. The number of aliphatic hydroxyl groups excluding tert-OH is 1. The zero-order chi connectivity index (χ0) is 12.3. The molecule has 3 heteroatoms. The van der Waals surface area contributed by atoms with Gasteiger partial charge in [-0.15, -0.1) is 0 Å². The molecule has 0 spiro atoms. The molecule has 2 rings (SSSR count). The van der Waals surface area contributed by atoms with E-state index in [0.29, 0.717) is 30.0 Å². The van der Waals surface area contributed by atoms with Crippen LogP contribution in [-0.4, -0.2) is 36.9 Å². The van der Waals surface area contributed by atoms with E-state index in [-0.39, 0.29) is 0 Å². The quantitative estimate of drug-likeness (QED) is 0.701. The van der Waals surface area contributed by atoms with E-state index < -0.39 is 0 Å². The summed E-state index contributed by atoms with van der Waals surface area (Å²) in [5.41, 5.74) is 0.352. The molecule has 1 aliphatic carbocycles. The highest BCUT2D eigenvalue weighted by molar-refractivity contribution is 4.93. The average Bonchev–Trinajstić information content (AvgIpc) is 2.32. The summed E-state index contributed by atoms with van der Waals surface area (Å²) in [7, 11) is 0. The molecule has 2 aliphatic rings. The fraction of sp³-hybridized carbons (Fsp3) is 1.00. The maximum Gasteiger partial charge on any atom is 0.0459 e. The first kappa shape index (κ1) is 13.3. The van der Waals surface area contributed by atoms with E-state index >= 15 is 0 Å². The topological polar surface area (TPSA) is 44.3 Å². The van der Waals surface area contributed by atoms with Gasteiger partial charge in [-0.1, -0.05) is 20.3 Å². The third-order valence-corrected chi connectivity index (χ3v) is 4.61. The van der Waals surface area contributed by atoms with Crippen LogP contribution in [0.2, 0.25) is 0 Å². The molecule has 3 nitrogen and oxygen atoms in total. The molecule has 3 N–H and O–H groups in total. The number of aliphatic hydroxyl groups is 1. The number of rotatable bonds is 3. The second-order valence-electron chi connectivity index (χ2n) is 6.59. The van der Waals surface area contributed by atoms with Crippen LogP contribution in [0.5, 0.6) is 0 Å². The van der Waals surface area contributed by atoms with Gasteiger partial charge in [-0.3, -0.25) is 0 Å². The van der Waals surface area contributed by atoms with Gasteiger partial charge in [0.05, 0.1) is 0 Å². The zero-order valence-electron chi connectivity index (χ0n) is 11.3. The molecule has 0 radical (unpaired) electrons. The lowest BCUT2D eigenvalue weighted by molar-refractivity contribution is 0.130. The Morgan fingerprint density at radius 1 is 1.29 bits per heavy atom. The summed E-state index contributed by atoms with van der Waals surface area (Å²) < 4.78 is 0. The molecule has 0 aromatic heterocycles. The number of hydrogen-bond donors (Lipinski definition) is 3. The molecular formula is C14H28N2O. The van der Waals surface area contributed by atoms with Crippen molar-refractivity contribution in [2.45, 2.75) is 58.0 Å². The molecule has 0 aromatic rings. The lowest BCUT2D eigenvalue weighted by atomic mass is 9.78.